The van der Waals surface area contributed by atoms with E-state index in [-0.39, 0.29) is 16.9 Å². The third-order valence-electron chi connectivity index (χ3n) is 2.51. The maximum absolute atomic E-state index is 11.0. The van der Waals surface area contributed by atoms with E-state index in [0.717, 1.165) is 0 Å². The van der Waals surface area contributed by atoms with Crippen LogP contribution < -0.4 is 11.5 Å². The third kappa shape index (κ3) is 1.78. The number of hydrogen-bond acceptors (Lipinski definition) is 2. The lowest BCUT2D eigenvalue weighted by molar-refractivity contribution is 0.482. The molecular formula is C9H12N2O3S. The highest BCUT2D eigenvalue weighted by atomic mass is 32.2. The molecule has 1 aromatic carbocycles. The second-order valence-electron chi connectivity index (χ2n) is 3.43. The molecule has 2 radical (unpaired) electrons. The third-order valence-corrected chi connectivity index (χ3v) is 3.54. The van der Waals surface area contributed by atoms with Crippen molar-refractivity contribution in [2.75, 3.05) is 0 Å². The molecule has 5 nitrogen and oxygen atoms in total. The van der Waals surface area contributed by atoms with Gasteiger partial charge in [-0.25, -0.2) is 0 Å². The molecular weight excluding hydrogens is 216 g/mol. The van der Waals surface area contributed by atoms with Crippen molar-refractivity contribution in [1.29, 1.82) is 0 Å². The molecule has 0 heterocycles. The van der Waals surface area contributed by atoms with Gasteiger partial charge >= 0.3 is 0 Å². The summed E-state index contributed by atoms with van der Waals surface area (Å²) in [6, 6.07) is 0. The fourth-order valence-corrected chi connectivity index (χ4v) is 2.35. The fourth-order valence-electron chi connectivity index (χ4n) is 1.45. The summed E-state index contributed by atoms with van der Waals surface area (Å²) < 4.78 is 31.0. The summed E-state index contributed by atoms with van der Waals surface area (Å²) in [5.41, 5.74) is 16.1. The van der Waals surface area contributed by atoms with Crippen molar-refractivity contribution in [3.63, 3.8) is 0 Å². The predicted octanol–water partition coefficient (Wildman–Crippen LogP) is 1.69. The van der Waals surface area contributed by atoms with Gasteiger partial charge in [0.15, 0.2) is 0 Å². The van der Waals surface area contributed by atoms with Gasteiger partial charge in [0.05, 0.1) is 11.4 Å². The van der Waals surface area contributed by atoms with Crippen molar-refractivity contribution in [3.8, 4) is 0 Å². The van der Waals surface area contributed by atoms with E-state index in [9.17, 15) is 8.42 Å². The van der Waals surface area contributed by atoms with Crippen molar-refractivity contribution >= 4 is 21.5 Å². The zero-order valence-corrected chi connectivity index (χ0v) is 9.49. The van der Waals surface area contributed by atoms with E-state index in [2.05, 4.69) is 0 Å². The predicted molar refractivity (Wildman–Crippen MR) is 56.0 cm³/mol. The highest BCUT2D eigenvalue weighted by Gasteiger charge is 2.23. The number of rotatable bonds is 1. The topological polar surface area (TPSA) is 102 Å². The first kappa shape index (κ1) is 11.8. The van der Waals surface area contributed by atoms with E-state index in [1.807, 2.05) is 0 Å². The Morgan fingerprint density at radius 2 is 1.33 bits per heavy atom. The van der Waals surface area contributed by atoms with Gasteiger partial charge in [-0.3, -0.25) is 10.3 Å². The molecule has 0 atom stereocenters. The Morgan fingerprint density at radius 3 is 1.73 bits per heavy atom. The number of benzene rings is 1. The summed E-state index contributed by atoms with van der Waals surface area (Å²) >= 11 is 0. The number of nitrogens with one attached hydrogen (secondary N) is 2. The van der Waals surface area contributed by atoms with E-state index in [1.54, 1.807) is 13.8 Å². The molecule has 1 aromatic rings. The van der Waals surface area contributed by atoms with E-state index >= 15 is 0 Å². The molecule has 0 spiro atoms. The Labute approximate surface area is 88.8 Å². The average Bonchev–Trinajstić information content (AvgIpc) is 2.09. The zero-order valence-electron chi connectivity index (χ0n) is 8.67. The van der Waals surface area contributed by atoms with Crippen LogP contribution in [-0.2, 0) is 10.1 Å². The summed E-state index contributed by atoms with van der Waals surface area (Å²) in [5.74, 6) is 0. The van der Waals surface area contributed by atoms with Gasteiger partial charge in [-0.2, -0.15) is 8.42 Å². The first-order valence-corrected chi connectivity index (χ1v) is 5.66. The molecule has 3 N–H and O–H groups in total. The highest BCUT2D eigenvalue weighted by Crippen LogP contribution is 2.35. The maximum Gasteiger partial charge on any atom is 0.297 e. The molecule has 0 saturated carbocycles. The van der Waals surface area contributed by atoms with E-state index in [4.69, 9.17) is 16.0 Å². The van der Waals surface area contributed by atoms with Gasteiger partial charge in [-0.15, -0.1) is 0 Å². The molecule has 0 amide bonds. The quantitative estimate of drug-likeness (QED) is 0.739. The van der Waals surface area contributed by atoms with Crippen molar-refractivity contribution < 1.29 is 13.0 Å². The van der Waals surface area contributed by atoms with Gasteiger partial charge in [-0.1, -0.05) is 0 Å². The largest absolute Gasteiger partial charge is 0.300 e. The Morgan fingerprint density at radius 1 is 0.933 bits per heavy atom. The maximum atomic E-state index is 11.0. The summed E-state index contributed by atoms with van der Waals surface area (Å²) in [6.07, 6.45) is 0. The van der Waals surface area contributed by atoms with Gasteiger partial charge in [0.1, 0.15) is 4.90 Å². The molecule has 82 valence electrons. The van der Waals surface area contributed by atoms with Gasteiger partial charge in [0.2, 0.25) is 0 Å². The molecule has 0 aliphatic heterocycles. The first-order chi connectivity index (χ1) is 6.68. The van der Waals surface area contributed by atoms with Crippen molar-refractivity contribution in [2.24, 2.45) is 0 Å². The van der Waals surface area contributed by atoms with Crippen molar-refractivity contribution in [3.05, 3.63) is 16.7 Å². The lowest BCUT2D eigenvalue weighted by atomic mass is 10.0. The summed E-state index contributed by atoms with van der Waals surface area (Å²) in [5, 5.41) is 0. The molecule has 0 bridgehead atoms. The van der Waals surface area contributed by atoms with E-state index in [1.165, 1.54) is 6.92 Å². The Kier molecular flexibility index (Phi) is 2.67. The molecule has 0 aromatic heterocycles. The summed E-state index contributed by atoms with van der Waals surface area (Å²) in [7, 11) is -4.43. The normalized spacial score (nSPS) is 11.7. The van der Waals surface area contributed by atoms with Gasteiger partial charge in [-0.05, 0) is 37.5 Å². The summed E-state index contributed by atoms with van der Waals surface area (Å²) in [4.78, 5) is -0.462. The Balaban J connectivity index is 3.84. The monoisotopic (exact) mass is 228 g/mol. The molecule has 15 heavy (non-hydrogen) atoms. The fraction of sp³-hybridized carbons (Fsp3) is 0.333. The van der Waals surface area contributed by atoms with Crippen LogP contribution in [0.25, 0.3) is 0 Å². The molecule has 0 fully saturated rings. The molecule has 0 aliphatic carbocycles. The zero-order chi connectivity index (χ0) is 12.0. The van der Waals surface area contributed by atoms with Crippen molar-refractivity contribution in [1.82, 2.24) is 11.5 Å². The molecule has 1 rings (SSSR count). The van der Waals surface area contributed by atoms with Gasteiger partial charge in [0, 0.05) is 0 Å². The lowest BCUT2D eigenvalue weighted by Crippen LogP contribution is -2.06. The molecule has 6 heteroatoms. The van der Waals surface area contributed by atoms with Crippen LogP contribution in [0, 0.1) is 20.8 Å². The Hall–Kier alpha value is -1.27. The van der Waals surface area contributed by atoms with Crippen LogP contribution in [0.3, 0.4) is 0 Å². The molecule has 0 unspecified atom stereocenters. The Bertz CT molecular complexity index is 492. The van der Waals surface area contributed by atoms with Crippen molar-refractivity contribution in [2.45, 2.75) is 25.7 Å². The van der Waals surface area contributed by atoms with Gasteiger partial charge in [0.25, 0.3) is 10.1 Å². The van der Waals surface area contributed by atoms with Crippen LogP contribution in [0.2, 0.25) is 0 Å². The smallest absolute Gasteiger partial charge is 0.297 e. The molecule has 0 saturated heterocycles. The average molecular weight is 228 g/mol. The minimum atomic E-state index is -4.43. The van der Waals surface area contributed by atoms with Crippen LogP contribution >= 0.6 is 0 Å². The van der Waals surface area contributed by atoms with E-state index in [0.29, 0.717) is 11.1 Å². The van der Waals surface area contributed by atoms with Crippen LogP contribution in [0.1, 0.15) is 16.7 Å². The SMILES string of the molecule is Cc1c(C)c([NH])c(S(=O)(=O)O)c(C)c1[NH]. The second-order valence-corrected chi connectivity index (χ2v) is 4.79. The lowest BCUT2D eigenvalue weighted by Gasteiger charge is -2.14. The first-order valence-electron chi connectivity index (χ1n) is 4.22. The van der Waals surface area contributed by atoms with Gasteiger partial charge < -0.3 is 5.73 Å². The number of hydrogen-bond donors (Lipinski definition) is 1. The molecule has 0 aliphatic rings. The van der Waals surface area contributed by atoms with Crippen LogP contribution in [0.5, 0.6) is 0 Å². The standard InChI is InChI=1S/C9H12N2O3S/c1-4-5(2)8(11)9(15(12,13)14)6(3)7(4)10/h10-11H,1-3H3,(H,12,13,14). The van der Waals surface area contributed by atoms with Crippen LogP contribution in [-0.4, -0.2) is 13.0 Å². The van der Waals surface area contributed by atoms with E-state index < -0.39 is 15.0 Å². The van der Waals surface area contributed by atoms with Crippen LogP contribution in [0.15, 0.2) is 4.90 Å². The minimum absolute atomic E-state index is 0.0520. The second kappa shape index (κ2) is 3.39. The van der Waals surface area contributed by atoms with Crippen LogP contribution in [0.4, 0.5) is 11.4 Å². The summed E-state index contributed by atoms with van der Waals surface area (Å²) in [6.45, 7) is 4.62. The minimum Gasteiger partial charge on any atom is -0.300 e. The highest BCUT2D eigenvalue weighted by molar-refractivity contribution is 7.86.